The summed E-state index contributed by atoms with van der Waals surface area (Å²) in [5, 5.41) is 8.68. The Morgan fingerprint density at radius 3 is 2.24 bits per heavy atom. The lowest BCUT2D eigenvalue weighted by Gasteiger charge is -2.16. The summed E-state index contributed by atoms with van der Waals surface area (Å²) < 4.78 is 24.3. The molecule has 0 bridgehead atoms. The standard InChI is InChI=1S/C14H12N2O4S/c15-8-9-1-3-10(4-2-9)21(19,20)6-5-16-13(17)11-7-12(11)14(16)18/h1-4,11-12H,5-7H2. The van der Waals surface area contributed by atoms with Crippen molar-refractivity contribution in [2.24, 2.45) is 11.8 Å². The number of benzene rings is 1. The van der Waals surface area contributed by atoms with Gasteiger partial charge in [-0.15, -0.1) is 0 Å². The molecule has 7 heteroatoms. The van der Waals surface area contributed by atoms with E-state index < -0.39 is 9.84 Å². The van der Waals surface area contributed by atoms with Gasteiger partial charge in [-0.1, -0.05) is 0 Å². The number of likely N-dealkylation sites (tertiary alicyclic amines) is 1. The van der Waals surface area contributed by atoms with Gasteiger partial charge in [-0.3, -0.25) is 14.5 Å². The van der Waals surface area contributed by atoms with Crippen molar-refractivity contribution in [3.05, 3.63) is 29.8 Å². The molecule has 2 fully saturated rings. The van der Waals surface area contributed by atoms with E-state index in [1.54, 1.807) is 0 Å². The van der Waals surface area contributed by atoms with Crippen molar-refractivity contribution < 1.29 is 18.0 Å². The van der Waals surface area contributed by atoms with Gasteiger partial charge in [0.25, 0.3) is 0 Å². The van der Waals surface area contributed by atoms with Crippen molar-refractivity contribution >= 4 is 21.7 Å². The average molecular weight is 304 g/mol. The third-order valence-electron chi connectivity index (χ3n) is 3.88. The van der Waals surface area contributed by atoms with Crippen molar-refractivity contribution in [2.75, 3.05) is 12.3 Å². The number of carbonyl (C=O) groups excluding carboxylic acids is 2. The highest BCUT2D eigenvalue weighted by Gasteiger charge is 2.58. The fraction of sp³-hybridized carbons (Fsp3) is 0.357. The number of hydrogen-bond acceptors (Lipinski definition) is 5. The average Bonchev–Trinajstić information content (AvgIpc) is 3.23. The molecule has 0 N–H and O–H groups in total. The molecule has 2 unspecified atom stereocenters. The largest absolute Gasteiger partial charge is 0.281 e. The molecule has 1 aromatic rings. The highest BCUT2D eigenvalue weighted by Crippen LogP contribution is 2.46. The molecular weight excluding hydrogens is 292 g/mol. The van der Waals surface area contributed by atoms with E-state index in [-0.39, 0.29) is 40.8 Å². The Bertz CT molecular complexity index is 741. The van der Waals surface area contributed by atoms with Crippen molar-refractivity contribution in [2.45, 2.75) is 11.3 Å². The van der Waals surface area contributed by atoms with Gasteiger partial charge in [-0.25, -0.2) is 8.42 Å². The Labute approximate surface area is 121 Å². The lowest BCUT2D eigenvalue weighted by molar-refractivity contribution is -0.140. The molecule has 1 heterocycles. The Balaban J connectivity index is 1.70. The van der Waals surface area contributed by atoms with Crippen LogP contribution in [-0.2, 0) is 19.4 Å². The van der Waals surface area contributed by atoms with Crippen LogP contribution in [0.2, 0.25) is 0 Å². The number of fused-ring (bicyclic) bond motifs is 1. The van der Waals surface area contributed by atoms with Crippen LogP contribution in [0.15, 0.2) is 29.2 Å². The molecule has 6 nitrogen and oxygen atoms in total. The van der Waals surface area contributed by atoms with Gasteiger partial charge in [-0.05, 0) is 30.7 Å². The summed E-state index contributed by atoms with van der Waals surface area (Å²) >= 11 is 0. The first-order valence-electron chi connectivity index (χ1n) is 6.52. The van der Waals surface area contributed by atoms with Gasteiger partial charge in [0.2, 0.25) is 11.8 Å². The smallest absolute Gasteiger partial charge is 0.233 e. The molecule has 0 aromatic heterocycles. The van der Waals surface area contributed by atoms with Gasteiger partial charge >= 0.3 is 0 Å². The van der Waals surface area contributed by atoms with E-state index in [0.29, 0.717) is 12.0 Å². The van der Waals surface area contributed by atoms with E-state index in [1.165, 1.54) is 24.3 Å². The van der Waals surface area contributed by atoms with Crippen LogP contribution < -0.4 is 0 Å². The molecule has 3 rings (SSSR count). The summed E-state index contributed by atoms with van der Waals surface area (Å²) in [6.07, 6.45) is 0.608. The fourth-order valence-corrected chi connectivity index (χ4v) is 3.75. The van der Waals surface area contributed by atoms with Crippen molar-refractivity contribution in [1.29, 1.82) is 5.26 Å². The second kappa shape index (κ2) is 4.67. The molecule has 1 saturated carbocycles. The van der Waals surface area contributed by atoms with Gasteiger partial charge in [0.1, 0.15) is 0 Å². The van der Waals surface area contributed by atoms with Gasteiger partial charge in [-0.2, -0.15) is 5.26 Å². The molecule has 0 spiro atoms. The third-order valence-corrected chi connectivity index (χ3v) is 5.59. The first-order valence-corrected chi connectivity index (χ1v) is 8.17. The molecule has 1 aliphatic carbocycles. The number of hydrogen-bond donors (Lipinski definition) is 0. The van der Waals surface area contributed by atoms with E-state index >= 15 is 0 Å². The number of amides is 2. The Morgan fingerprint density at radius 2 is 1.71 bits per heavy atom. The maximum absolute atomic E-state index is 12.2. The number of nitrogens with zero attached hydrogens (tertiary/aromatic N) is 2. The topological polar surface area (TPSA) is 95.3 Å². The van der Waals surface area contributed by atoms with Crippen LogP contribution in [-0.4, -0.2) is 37.4 Å². The van der Waals surface area contributed by atoms with Crippen LogP contribution in [0.1, 0.15) is 12.0 Å². The van der Waals surface area contributed by atoms with Crippen molar-refractivity contribution in [3.63, 3.8) is 0 Å². The van der Waals surface area contributed by atoms with Crippen molar-refractivity contribution in [3.8, 4) is 6.07 Å². The van der Waals surface area contributed by atoms with Gasteiger partial charge in [0.15, 0.2) is 9.84 Å². The Hall–Kier alpha value is -2.20. The zero-order valence-electron chi connectivity index (χ0n) is 11.0. The van der Waals surface area contributed by atoms with Crippen LogP contribution in [0.3, 0.4) is 0 Å². The van der Waals surface area contributed by atoms with E-state index in [0.717, 1.165) is 4.90 Å². The summed E-state index contributed by atoms with van der Waals surface area (Å²) in [4.78, 5) is 24.7. The van der Waals surface area contributed by atoms with E-state index in [4.69, 9.17) is 5.26 Å². The zero-order valence-corrected chi connectivity index (χ0v) is 11.8. The number of rotatable bonds is 4. The Morgan fingerprint density at radius 1 is 1.14 bits per heavy atom. The highest BCUT2D eigenvalue weighted by atomic mass is 32.2. The summed E-state index contributed by atoms with van der Waals surface area (Å²) in [6.45, 7) is -0.104. The fourth-order valence-electron chi connectivity index (χ4n) is 2.54. The maximum Gasteiger partial charge on any atom is 0.233 e. The van der Waals surface area contributed by atoms with Crippen LogP contribution in [0.5, 0.6) is 0 Å². The van der Waals surface area contributed by atoms with Gasteiger partial charge in [0.05, 0.1) is 34.1 Å². The summed E-state index contributed by atoms with van der Waals surface area (Å²) in [5.74, 6) is -1.22. The van der Waals surface area contributed by atoms with Crippen molar-refractivity contribution in [1.82, 2.24) is 4.90 Å². The second-order valence-electron chi connectivity index (χ2n) is 5.23. The molecular formula is C14H12N2O4S. The summed E-state index contributed by atoms with van der Waals surface area (Å²) in [6, 6.07) is 7.48. The minimum Gasteiger partial charge on any atom is -0.281 e. The minimum absolute atomic E-state index is 0.0887. The molecule has 2 aliphatic rings. The van der Waals surface area contributed by atoms with Gasteiger partial charge in [0, 0.05) is 6.54 Å². The maximum atomic E-state index is 12.2. The molecule has 21 heavy (non-hydrogen) atoms. The van der Waals surface area contributed by atoms with E-state index in [9.17, 15) is 18.0 Å². The van der Waals surface area contributed by atoms with E-state index in [1.807, 2.05) is 6.07 Å². The Kier molecular flexibility index (Phi) is 3.06. The predicted octanol–water partition coefficient (Wildman–Crippen LogP) is 0.337. The molecule has 0 radical (unpaired) electrons. The first-order chi connectivity index (χ1) is 9.94. The molecule has 1 saturated heterocycles. The van der Waals surface area contributed by atoms with Gasteiger partial charge < -0.3 is 0 Å². The first kappa shape index (κ1) is 13.8. The zero-order chi connectivity index (χ0) is 15.2. The second-order valence-corrected chi connectivity index (χ2v) is 7.34. The lowest BCUT2D eigenvalue weighted by Crippen LogP contribution is -2.36. The number of imide groups is 1. The number of piperidine rings is 1. The predicted molar refractivity (Wildman–Crippen MR) is 71.5 cm³/mol. The summed E-state index contributed by atoms with van der Waals surface area (Å²) in [5.41, 5.74) is 0.374. The third kappa shape index (κ3) is 2.32. The van der Waals surface area contributed by atoms with Crippen LogP contribution in [0.4, 0.5) is 0 Å². The molecule has 2 amide bonds. The van der Waals surface area contributed by atoms with Crippen LogP contribution >= 0.6 is 0 Å². The summed E-state index contributed by atoms with van der Waals surface area (Å²) in [7, 11) is -3.58. The highest BCUT2D eigenvalue weighted by molar-refractivity contribution is 7.91. The number of sulfone groups is 1. The minimum atomic E-state index is -3.58. The SMILES string of the molecule is N#Cc1ccc(S(=O)(=O)CCN2C(=O)C3CC3C2=O)cc1. The van der Waals surface area contributed by atoms with E-state index in [2.05, 4.69) is 0 Å². The number of nitriles is 1. The normalized spacial score (nSPS) is 23.9. The van der Waals surface area contributed by atoms with Crippen LogP contribution in [0.25, 0.3) is 0 Å². The molecule has 2 atom stereocenters. The quantitative estimate of drug-likeness (QED) is 0.747. The lowest BCUT2D eigenvalue weighted by atomic mass is 10.2. The monoisotopic (exact) mass is 304 g/mol. The molecule has 108 valence electrons. The molecule has 1 aromatic carbocycles. The number of carbonyl (C=O) groups is 2. The van der Waals surface area contributed by atoms with Crippen LogP contribution in [0, 0.1) is 23.2 Å². The molecule has 1 aliphatic heterocycles.